The van der Waals surface area contributed by atoms with Gasteiger partial charge in [-0.25, -0.2) is 4.79 Å². The fourth-order valence-electron chi connectivity index (χ4n) is 4.53. The maximum absolute atomic E-state index is 12.9. The summed E-state index contributed by atoms with van der Waals surface area (Å²) in [6, 6.07) is 9.52. The molecule has 8 nitrogen and oxygen atoms in total. The third kappa shape index (κ3) is 4.95. The van der Waals surface area contributed by atoms with Gasteiger partial charge in [0.25, 0.3) is 0 Å². The number of alkyl halides is 3. The molecule has 3 aromatic rings. The van der Waals surface area contributed by atoms with E-state index in [1.807, 2.05) is 4.90 Å². The molecule has 0 spiro atoms. The molecule has 1 aliphatic heterocycles. The lowest BCUT2D eigenvalue weighted by atomic mass is 10.0. The highest BCUT2D eigenvalue weighted by Gasteiger charge is 2.33. The summed E-state index contributed by atoms with van der Waals surface area (Å²) in [5.74, 6) is -0.450. The van der Waals surface area contributed by atoms with Gasteiger partial charge >= 0.3 is 11.9 Å². The summed E-state index contributed by atoms with van der Waals surface area (Å²) in [7, 11) is 3.34. The summed E-state index contributed by atoms with van der Waals surface area (Å²) in [4.78, 5) is 40.5. The van der Waals surface area contributed by atoms with Gasteiger partial charge in [-0.15, -0.1) is 0 Å². The molecular weight excluding hydrogens is 463 g/mol. The van der Waals surface area contributed by atoms with Crippen LogP contribution in [0.5, 0.6) is 0 Å². The molecule has 0 bridgehead atoms. The van der Waals surface area contributed by atoms with E-state index in [-0.39, 0.29) is 24.0 Å². The number of amides is 2. The third-order valence-corrected chi connectivity index (χ3v) is 6.41. The van der Waals surface area contributed by atoms with Gasteiger partial charge in [-0.1, -0.05) is 12.1 Å². The van der Waals surface area contributed by atoms with E-state index in [0.717, 1.165) is 17.6 Å². The number of aryl methyl sites for hydroxylation is 2. The minimum Gasteiger partial charge on any atom is -0.333 e. The van der Waals surface area contributed by atoms with Crippen molar-refractivity contribution in [1.82, 2.24) is 18.9 Å². The smallest absolute Gasteiger partial charge is 0.333 e. The van der Waals surface area contributed by atoms with E-state index in [0.29, 0.717) is 36.4 Å². The van der Waals surface area contributed by atoms with Crippen LogP contribution in [0.4, 0.5) is 18.9 Å². The lowest BCUT2D eigenvalue weighted by molar-refractivity contribution is -0.138. The second-order valence-corrected chi connectivity index (χ2v) is 8.74. The normalized spacial score (nSPS) is 17.1. The number of imidazole rings is 1. The summed E-state index contributed by atoms with van der Waals surface area (Å²) in [6.45, 7) is 2.59. The van der Waals surface area contributed by atoms with Crippen molar-refractivity contribution in [2.24, 2.45) is 14.1 Å². The lowest BCUT2D eigenvalue weighted by Gasteiger charge is -2.41. The van der Waals surface area contributed by atoms with Gasteiger partial charge in [0.1, 0.15) is 0 Å². The number of nitrogens with zero attached hydrogens (tertiary/aromatic N) is 4. The molecule has 1 saturated heterocycles. The van der Waals surface area contributed by atoms with Gasteiger partial charge in [-0.3, -0.25) is 23.6 Å². The Hall–Kier alpha value is -3.60. The number of fused-ring (bicyclic) bond motifs is 1. The third-order valence-electron chi connectivity index (χ3n) is 6.41. The van der Waals surface area contributed by atoms with Gasteiger partial charge in [0.05, 0.1) is 29.2 Å². The van der Waals surface area contributed by atoms with Gasteiger partial charge < -0.3 is 10.2 Å². The van der Waals surface area contributed by atoms with Crippen molar-refractivity contribution in [3.05, 3.63) is 64.1 Å². The van der Waals surface area contributed by atoms with E-state index in [1.54, 1.807) is 37.2 Å². The van der Waals surface area contributed by atoms with Crippen molar-refractivity contribution in [2.75, 3.05) is 31.5 Å². The standard InChI is InChI=1S/C24H26F3N5O3/c1-15(33)32-11-10-31(13-21(32)16-4-6-17(7-5-16)24(25,26)27)14-22(34)28-18-8-9-19-20(12-18)30(3)23(35)29(19)2/h4-9,12,21H,10-11,13-14H2,1-3H3,(H,28,34)/t21-/m0/s1. The topological polar surface area (TPSA) is 79.6 Å². The fourth-order valence-corrected chi connectivity index (χ4v) is 4.53. The first-order valence-corrected chi connectivity index (χ1v) is 11.1. The largest absolute Gasteiger partial charge is 0.416 e. The maximum atomic E-state index is 12.9. The van der Waals surface area contributed by atoms with Gasteiger partial charge in [0.15, 0.2) is 0 Å². The van der Waals surface area contributed by atoms with Crippen molar-refractivity contribution in [2.45, 2.75) is 19.1 Å². The van der Waals surface area contributed by atoms with E-state index in [2.05, 4.69) is 5.32 Å². The van der Waals surface area contributed by atoms with Crippen LogP contribution in [0.25, 0.3) is 11.0 Å². The predicted octanol–water partition coefficient (Wildman–Crippen LogP) is 2.74. The number of carbonyl (C=O) groups is 2. The van der Waals surface area contributed by atoms with E-state index in [1.165, 1.54) is 28.2 Å². The van der Waals surface area contributed by atoms with Crippen LogP contribution >= 0.6 is 0 Å². The zero-order valence-electron chi connectivity index (χ0n) is 19.6. The molecule has 0 radical (unpaired) electrons. The predicted molar refractivity (Wildman–Crippen MR) is 125 cm³/mol. The van der Waals surface area contributed by atoms with Gasteiger partial charge in [-0.2, -0.15) is 13.2 Å². The molecule has 1 aliphatic rings. The molecule has 35 heavy (non-hydrogen) atoms. The van der Waals surface area contributed by atoms with E-state index >= 15 is 0 Å². The fraction of sp³-hybridized carbons (Fsp3) is 0.375. The Morgan fingerprint density at radius 3 is 2.29 bits per heavy atom. The number of carbonyl (C=O) groups excluding carboxylic acids is 2. The number of nitrogens with one attached hydrogen (secondary N) is 1. The molecule has 2 heterocycles. The highest BCUT2D eigenvalue weighted by atomic mass is 19.4. The monoisotopic (exact) mass is 489 g/mol. The number of hydrogen-bond acceptors (Lipinski definition) is 4. The summed E-state index contributed by atoms with van der Waals surface area (Å²) in [6.07, 6.45) is -4.44. The van der Waals surface area contributed by atoms with Crippen LogP contribution in [0.2, 0.25) is 0 Å². The van der Waals surface area contributed by atoms with Crippen molar-refractivity contribution in [3.63, 3.8) is 0 Å². The highest BCUT2D eigenvalue weighted by molar-refractivity contribution is 5.94. The Morgan fingerprint density at radius 2 is 1.66 bits per heavy atom. The molecule has 1 fully saturated rings. The molecule has 1 atom stereocenters. The SMILES string of the molecule is CC(=O)N1CCN(CC(=O)Nc2ccc3c(c2)n(C)c(=O)n3C)C[C@H]1c1ccc(C(F)(F)F)cc1. The minimum absolute atomic E-state index is 0.0502. The summed E-state index contributed by atoms with van der Waals surface area (Å²) in [5.41, 5.74) is 1.64. The molecular formula is C24H26F3N5O3. The van der Waals surface area contributed by atoms with Crippen molar-refractivity contribution in [1.29, 1.82) is 0 Å². The minimum atomic E-state index is -4.44. The number of piperazine rings is 1. The second-order valence-electron chi connectivity index (χ2n) is 8.74. The first kappa shape index (κ1) is 24.5. The number of benzene rings is 2. The van der Waals surface area contributed by atoms with Crippen LogP contribution < -0.4 is 11.0 Å². The first-order chi connectivity index (χ1) is 16.5. The van der Waals surface area contributed by atoms with Crippen LogP contribution in [0.3, 0.4) is 0 Å². The Morgan fingerprint density at radius 1 is 1.00 bits per heavy atom. The molecule has 4 rings (SSSR count). The molecule has 1 N–H and O–H groups in total. The molecule has 1 aromatic heterocycles. The van der Waals surface area contributed by atoms with E-state index < -0.39 is 17.8 Å². The molecule has 0 aliphatic carbocycles. The maximum Gasteiger partial charge on any atom is 0.416 e. The number of anilines is 1. The van der Waals surface area contributed by atoms with Crippen LogP contribution in [0.1, 0.15) is 24.1 Å². The number of hydrogen-bond donors (Lipinski definition) is 1. The Bertz CT molecular complexity index is 1330. The van der Waals surface area contributed by atoms with Gasteiger partial charge in [0, 0.05) is 46.3 Å². The van der Waals surface area contributed by atoms with Crippen molar-refractivity contribution >= 4 is 28.5 Å². The molecule has 11 heteroatoms. The van der Waals surface area contributed by atoms with Gasteiger partial charge in [-0.05, 0) is 35.9 Å². The average Bonchev–Trinajstić information content (AvgIpc) is 3.02. The number of rotatable bonds is 4. The zero-order chi connectivity index (χ0) is 25.5. The van der Waals surface area contributed by atoms with Gasteiger partial charge in [0.2, 0.25) is 11.8 Å². The second kappa shape index (κ2) is 9.21. The lowest BCUT2D eigenvalue weighted by Crippen LogP contribution is -2.51. The van der Waals surface area contributed by atoms with Crippen LogP contribution in [-0.2, 0) is 29.9 Å². The van der Waals surface area contributed by atoms with Crippen LogP contribution in [0.15, 0.2) is 47.3 Å². The Balaban J connectivity index is 1.47. The summed E-state index contributed by atoms with van der Waals surface area (Å²) in [5, 5.41) is 2.84. The number of aromatic nitrogens is 2. The molecule has 2 amide bonds. The summed E-state index contributed by atoms with van der Waals surface area (Å²) >= 11 is 0. The van der Waals surface area contributed by atoms with Crippen molar-refractivity contribution < 1.29 is 22.8 Å². The first-order valence-electron chi connectivity index (χ1n) is 11.1. The average molecular weight is 489 g/mol. The van der Waals surface area contributed by atoms with E-state index in [4.69, 9.17) is 0 Å². The van der Waals surface area contributed by atoms with Crippen LogP contribution in [-0.4, -0.2) is 56.9 Å². The molecule has 0 unspecified atom stereocenters. The molecule has 0 saturated carbocycles. The number of halogens is 3. The Kier molecular flexibility index (Phi) is 6.46. The Labute approximate surface area is 199 Å². The van der Waals surface area contributed by atoms with Crippen molar-refractivity contribution in [3.8, 4) is 0 Å². The zero-order valence-corrected chi connectivity index (χ0v) is 19.6. The molecule has 2 aromatic carbocycles. The highest BCUT2D eigenvalue weighted by Crippen LogP contribution is 2.32. The quantitative estimate of drug-likeness (QED) is 0.611. The molecule has 186 valence electrons. The van der Waals surface area contributed by atoms with Crippen LogP contribution in [0, 0.1) is 0 Å². The van der Waals surface area contributed by atoms with E-state index in [9.17, 15) is 27.6 Å². The summed E-state index contributed by atoms with van der Waals surface area (Å²) < 4.78 is 41.9.